The van der Waals surface area contributed by atoms with Crippen LogP contribution in [0.2, 0.25) is 0 Å². The predicted molar refractivity (Wildman–Crippen MR) is 90.8 cm³/mol. The molecule has 3 heteroatoms. The molecule has 1 heterocycles. The molecular weight excluding hydrogens is 274 g/mol. The Balaban J connectivity index is 1.61. The van der Waals surface area contributed by atoms with Gasteiger partial charge in [-0.15, -0.1) is 0 Å². The fraction of sp³-hybridized carbons (Fsp3) is 0.684. The number of benzene rings is 1. The van der Waals surface area contributed by atoms with E-state index in [1.54, 1.807) is 4.90 Å². The normalized spacial score (nSPS) is 25.4. The van der Waals surface area contributed by atoms with E-state index in [1.807, 2.05) is 0 Å². The lowest BCUT2D eigenvalue weighted by Gasteiger charge is -2.32. The van der Waals surface area contributed by atoms with E-state index < -0.39 is 0 Å². The molecule has 1 N–H and O–H groups in total. The summed E-state index contributed by atoms with van der Waals surface area (Å²) in [6.07, 6.45) is 3.14. The fourth-order valence-electron chi connectivity index (χ4n) is 3.21. The number of morpholine rings is 1. The maximum atomic E-state index is 5.84. The van der Waals surface area contributed by atoms with E-state index in [0.29, 0.717) is 18.1 Å². The average Bonchev–Trinajstić information content (AvgIpc) is 2.46. The molecule has 1 saturated heterocycles. The van der Waals surface area contributed by atoms with Crippen molar-refractivity contribution in [3.63, 3.8) is 0 Å². The van der Waals surface area contributed by atoms with Gasteiger partial charge in [0.25, 0.3) is 0 Å². The van der Waals surface area contributed by atoms with Crippen LogP contribution in [-0.4, -0.2) is 38.4 Å². The first-order valence-electron chi connectivity index (χ1n) is 8.76. The Bertz CT molecular complexity index is 420. The van der Waals surface area contributed by atoms with Gasteiger partial charge >= 0.3 is 0 Å². The predicted octanol–water partition coefficient (Wildman–Crippen LogP) is 2.66. The first-order chi connectivity index (χ1) is 10.5. The molecule has 124 valence electrons. The lowest BCUT2D eigenvalue weighted by atomic mass is 10.0. The molecule has 0 saturated carbocycles. The Hall–Kier alpha value is -1.06. The largest absolute Gasteiger partial charge is 0.494 e. The van der Waals surface area contributed by atoms with Crippen LogP contribution < -0.4 is 9.64 Å². The van der Waals surface area contributed by atoms with Crippen LogP contribution in [0.25, 0.3) is 0 Å². The number of hydrogen-bond acceptors (Lipinski definition) is 2. The summed E-state index contributed by atoms with van der Waals surface area (Å²) in [7, 11) is 0. The number of quaternary nitrogens is 1. The van der Waals surface area contributed by atoms with E-state index in [0.717, 1.165) is 31.9 Å². The van der Waals surface area contributed by atoms with Crippen LogP contribution >= 0.6 is 0 Å². The van der Waals surface area contributed by atoms with Gasteiger partial charge in [0, 0.05) is 0 Å². The smallest absolute Gasteiger partial charge is 0.119 e. The van der Waals surface area contributed by atoms with Crippen molar-refractivity contribution in [3.8, 4) is 5.75 Å². The summed E-state index contributed by atoms with van der Waals surface area (Å²) in [6, 6.07) is 8.51. The van der Waals surface area contributed by atoms with Gasteiger partial charge in [0.1, 0.15) is 31.0 Å². The minimum Gasteiger partial charge on any atom is -0.494 e. The number of ether oxygens (including phenoxy) is 2. The third-order valence-electron chi connectivity index (χ3n) is 4.36. The Labute approximate surface area is 135 Å². The van der Waals surface area contributed by atoms with Gasteiger partial charge in [0.2, 0.25) is 0 Å². The van der Waals surface area contributed by atoms with Crippen molar-refractivity contribution >= 4 is 0 Å². The quantitative estimate of drug-likeness (QED) is 0.783. The van der Waals surface area contributed by atoms with E-state index >= 15 is 0 Å². The van der Waals surface area contributed by atoms with Gasteiger partial charge in [-0.2, -0.15) is 0 Å². The highest BCUT2D eigenvalue weighted by Crippen LogP contribution is 2.18. The van der Waals surface area contributed by atoms with Crippen LogP contribution in [0.5, 0.6) is 5.75 Å². The molecule has 1 aliphatic rings. The van der Waals surface area contributed by atoms with Crippen LogP contribution in [0.3, 0.4) is 0 Å². The van der Waals surface area contributed by atoms with Gasteiger partial charge in [0.05, 0.1) is 13.2 Å². The number of rotatable bonds is 7. The summed E-state index contributed by atoms with van der Waals surface area (Å²) in [6.45, 7) is 13.1. The Morgan fingerprint density at radius 3 is 2.32 bits per heavy atom. The minimum absolute atomic E-state index is 0.398. The summed E-state index contributed by atoms with van der Waals surface area (Å²) in [4.78, 5) is 1.67. The topological polar surface area (TPSA) is 22.9 Å². The zero-order chi connectivity index (χ0) is 15.9. The second-order valence-corrected chi connectivity index (χ2v) is 6.94. The zero-order valence-electron chi connectivity index (χ0n) is 14.6. The summed E-state index contributed by atoms with van der Waals surface area (Å²) in [5, 5.41) is 0. The van der Waals surface area contributed by atoms with Crippen molar-refractivity contribution in [2.24, 2.45) is 0 Å². The molecule has 1 aromatic carbocycles. The summed E-state index contributed by atoms with van der Waals surface area (Å²) in [5.41, 5.74) is 1.37. The van der Waals surface area contributed by atoms with E-state index in [4.69, 9.17) is 9.47 Å². The van der Waals surface area contributed by atoms with Crippen molar-refractivity contribution in [2.75, 3.05) is 26.2 Å². The molecule has 1 aromatic rings. The van der Waals surface area contributed by atoms with Crippen LogP contribution in [0.4, 0.5) is 0 Å². The molecule has 2 rings (SSSR count). The SMILES string of the molecule is CC(C)c1ccc(OCCCC[NH+]2C[C@@H](C)O[C@@H](C)C2)cc1. The standard InChI is InChI=1S/C19H31NO2/c1-15(2)18-7-9-19(10-8-18)21-12-6-5-11-20-13-16(3)22-17(4)14-20/h7-10,15-17H,5-6,11-14H2,1-4H3/p+1/t16-,17+. The van der Waals surface area contributed by atoms with E-state index in [-0.39, 0.29) is 0 Å². The number of hydrogen-bond donors (Lipinski definition) is 1. The van der Waals surface area contributed by atoms with Crippen LogP contribution in [-0.2, 0) is 4.74 Å². The lowest BCUT2D eigenvalue weighted by Crippen LogP contribution is -3.15. The Morgan fingerprint density at radius 2 is 1.73 bits per heavy atom. The first kappa shape index (κ1) is 17.3. The molecule has 1 unspecified atom stereocenters. The van der Waals surface area contributed by atoms with Gasteiger partial charge in [-0.1, -0.05) is 26.0 Å². The molecule has 0 spiro atoms. The van der Waals surface area contributed by atoms with Crippen molar-refractivity contribution in [2.45, 2.75) is 58.7 Å². The Kier molecular flexibility index (Phi) is 6.71. The molecule has 0 bridgehead atoms. The number of nitrogens with one attached hydrogen (secondary N) is 1. The monoisotopic (exact) mass is 306 g/mol. The van der Waals surface area contributed by atoms with Crippen LogP contribution in [0.15, 0.2) is 24.3 Å². The summed E-state index contributed by atoms with van der Waals surface area (Å²) >= 11 is 0. The molecular formula is C19H32NO2+. The summed E-state index contributed by atoms with van der Waals surface area (Å²) in [5.74, 6) is 1.57. The van der Waals surface area contributed by atoms with E-state index in [1.165, 1.54) is 18.5 Å². The maximum absolute atomic E-state index is 5.84. The highest BCUT2D eigenvalue weighted by molar-refractivity contribution is 5.28. The zero-order valence-corrected chi connectivity index (χ0v) is 14.6. The second-order valence-electron chi connectivity index (χ2n) is 6.94. The highest BCUT2D eigenvalue weighted by atomic mass is 16.5. The van der Waals surface area contributed by atoms with Gasteiger partial charge in [-0.05, 0) is 50.3 Å². The fourth-order valence-corrected chi connectivity index (χ4v) is 3.21. The molecule has 1 fully saturated rings. The first-order valence-corrected chi connectivity index (χ1v) is 8.76. The number of unbranched alkanes of at least 4 members (excludes halogenated alkanes) is 1. The van der Waals surface area contributed by atoms with E-state index in [2.05, 4.69) is 52.0 Å². The minimum atomic E-state index is 0.398. The molecule has 0 aromatic heterocycles. The Morgan fingerprint density at radius 1 is 1.09 bits per heavy atom. The average molecular weight is 306 g/mol. The molecule has 3 atom stereocenters. The highest BCUT2D eigenvalue weighted by Gasteiger charge is 2.24. The lowest BCUT2D eigenvalue weighted by molar-refractivity contribution is -0.915. The van der Waals surface area contributed by atoms with Crippen LogP contribution in [0, 0.1) is 0 Å². The third-order valence-corrected chi connectivity index (χ3v) is 4.36. The molecule has 0 amide bonds. The molecule has 0 radical (unpaired) electrons. The van der Waals surface area contributed by atoms with Crippen molar-refractivity contribution in [1.82, 2.24) is 0 Å². The maximum Gasteiger partial charge on any atom is 0.119 e. The molecule has 0 aliphatic carbocycles. The van der Waals surface area contributed by atoms with Gasteiger partial charge in [-0.25, -0.2) is 0 Å². The molecule has 1 aliphatic heterocycles. The van der Waals surface area contributed by atoms with Crippen molar-refractivity contribution < 1.29 is 14.4 Å². The second kappa shape index (κ2) is 8.54. The van der Waals surface area contributed by atoms with Crippen LogP contribution in [0.1, 0.15) is 52.0 Å². The van der Waals surface area contributed by atoms with Crippen molar-refractivity contribution in [3.05, 3.63) is 29.8 Å². The van der Waals surface area contributed by atoms with Gasteiger partial charge in [0.15, 0.2) is 0 Å². The summed E-state index contributed by atoms with van der Waals surface area (Å²) < 4.78 is 11.6. The van der Waals surface area contributed by atoms with E-state index in [9.17, 15) is 0 Å². The molecule has 22 heavy (non-hydrogen) atoms. The van der Waals surface area contributed by atoms with Gasteiger partial charge < -0.3 is 14.4 Å². The van der Waals surface area contributed by atoms with Gasteiger partial charge in [-0.3, -0.25) is 0 Å². The van der Waals surface area contributed by atoms with Crippen molar-refractivity contribution in [1.29, 1.82) is 0 Å². The third kappa shape index (κ3) is 5.62. The molecule has 3 nitrogen and oxygen atoms in total.